The van der Waals surface area contributed by atoms with Crippen LogP contribution in [0.1, 0.15) is 38.2 Å². The predicted molar refractivity (Wildman–Crippen MR) is 74.5 cm³/mol. The van der Waals surface area contributed by atoms with E-state index in [-0.39, 0.29) is 5.82 Å². The fourth-order valence-electron chi connectivity index (χ4n) is 2.32. The summed E-state index contributed by atoms with van der Waals surface area (Å²) in [5.74, 6) is 0.306. The third kappa shape index (κ3) is 3.96. The molecule has 1 atom stereocenters. The number of nitrogens with one attached hydrogen (secondary N) is 1. The van der Waals surface area contributed by atoms with Gasteiger partial charge < -0.3 is 5.32 Å². The summed E-state index contributed by atoms with van der Waals surface area (Å²) in [7, 11) is 0. The molecule has 0 bridgehead atoms. The number of hydrogen-bond acceptors (Lipinski definition) is 1. The zero-order valence-corrected chi connectivity index (χ0v) is 11.6. The highest BCUT2D eigenvalue weighted by Crippen LogP contribution is 2.25. The first-order valence-corrected chi connectivity index (χ1v) is 7.24. The zero-order chi connectivity index (χ0) is 13.0. The second-order valence-corrected chi connectivity index (χ2v) is 5.65. The minimum Gasteiger partial charge on any atom is -0.314 e. The summed E-state index contributed by atoms with van der Waals surface area (Å²) in [4.78, 5) is 0. The van der Waals surface area contributed by atoms with Crippen molar-refractivity contribution in [2.24, 2.45) is 5.92 Å². The Morgan fingerprint density at radius 3 is 2.83 bits per heavy atom. The maximum atomic E-state index is 13.8. The lowest BCUT2D eigenvalue weighted by atomic mass is 9.94. The molecular formula is C15H21ClFN. The molecule has 18 heavy (non-hydrogen) atoms. The molecule has 1 N–H and O–H groups in total. The lowest BCUT2D eigenvalue weighted by Crippen LogP contribution is -2.26. The summed E-state index contributed by atoms with van der Waals surface area (Å²) >= 11 is 6.09. The van der Waals surface area contributed by atoms with Crippen LogP contribution in [0.3, 0.4) is 0 Å². The van der Waals surface area contributed by atoms with E-state index >= 15 is 0 Å². The van der Waals surface area contributed by atoms with Crippen LogP contribution in [-0.2, 0) is 6.42 Å². The summed E-state index contributed by atoms with van der Waals surface area (Å²) in [5, 5.41) is 4.09. The van der Waals surface area contributed by atoms with Gasteiger partial charge >= 0.3 is 0 Å². The predicted octanol–water partition coefficient (Wildman–Crippen LogP) is 4.19. The van der Waals surface area contributed by atoms with Crippen LogP contribution in [0, 0.1) is 11.7 Å². The van der Waals surface area contributed by atoms with Crippen molar-refractivity contribution < 1.29 is 4.39 Å². The Morgan fingerprint density at radius 2 is 2.22 bits per heavy atom. The van der Waals surface area contributed by atoms with Crippen LogP contribution >= 0.6 is 11.6 Å². The Hall–Kier alpha value is -0.600. The molecule has 0 radical (unpaired) electrons. The van der Waals surface area contributed by atoms with Crippen molar-refractivity contribution in [2.75, 3.05) is 6.54 Å². The highest BCUT2D eigenvalue weighted by Gasteiger charge is 2.22. The zero-order valence-electron chi connectivity index (χ0n) is 10.9. The third-order valence-electron chi connectivity index (χ3n) is 3.52. The van der Waals surface area contributed by atoms with E-state index in [9.17, 15) is 4.39 Å². The Labute approximate surface area is 114 Å². The lowest BCUT2D eigenvalue weighted by Gasteiger charge is -2.18. The van der Waals surface area contributed by atoms with Crippen LogP contribution in [0.15, 0.2) is 18.2 Å². The van der Waals surface area contributed by atoms with E-state index in [0.29, 0.717) is 22.5 Å². The van der Waals surface area contributed by atoms with Crippen LogP contribution in [0.25, 0.3) is 0 Å². The first-order chi connectivity index (χ1) is 8.70. The first kappa shape index (κ1) is 13.8. The quantitative estimate of drug-likeness (QED) is 0.783. The van der Waals surface area contributed by atoms with Gasteiger partial charge in [-0.2, -0.15) is 0 Å². The Balaban J connectivity index is 1.97. The van der Waals surface area contributed by atoms with Gasteiger partial charge in [0.05, 0.1) is 0 Å². The fraction of sp³-hybridized carbons (Fsp3) is 0.600. The van der Waals surface area contributed by atoms with E-state index < -0.39 is 0 Å². The topological polar surface area (TPSA) is 12.0 Å². The smallest absolute Gasteiger partial charge is 0.127 e. The van der Waals surface area contributed by atoms with Gasteiger partial charge in [0.1, 0.15) is 5.82 Å². The van der Waals surface area contributed by atoms with Gasteiger partial charge in [-0.25, -0.2) is 4.39 Å². The molecule has 2 rings (SSSR count). The van der Waals surface area contributed by atoms with Gasteiger partial charge in [0.25, 0.3) is 0 Å². The molecule has 1 saturated carbocycles. The lowest BCUT2D eigenvalue weighted by molar-refractivity contribution is 0.430. The molecule has 1 nitrogen and oxygen atoms in total. The molecule has 1 aliphatic carbocycles. The minimum atomic E-state index is -0.171. The molecule has 0 heterocycles. The molecule has 1 aromatic rings. The van der Waals surface area contributed by atoms with Crippen molar-refractivity contribution in [2.45, 2.75) is 45.1 Å². The average molecular weight is 270 g/mol. The van der Waals surface area contributed by atoms with Gasteiger partial charge in [-0.1, -0.05) is 31.0 Å². The molecule has 0 aliphatic heterocycles. The number of rotatable bonds is 7. The Kier molecular flexibility index (Phi) is 5.02. The summed E-state index contributed by atoms with van der Waals surface area (Å²) in [5.41, 5.74) is 0.676. The van der Waals surface area contributed by atoms with E-state index in [4.69, 9.17) is 11.6 Å². The molecule has 1 fully saturated rings. The number of hydrogen-bond donors (Lipinski definition) is 1. The van der Waals surface area contributed by atoms with E-state index in [0.717, 1.165) is 25.8 Å². The normalized spacial score (nSPS) is 16.8. The maximum Gasteiger partial charge on any atom is 0.127 e. The largest absolute Gasteiger partial charge is 0.314 e. The molecule has 0 aromatic heterocycles. The van der Waals surface area contributed by atoms with Crippen LogP contribution in [-0.4, -0.2) is 12.6 Å². The Bertz CT molecular complexity index is 370. The van der Waals surface area contributed by atoms with E-state index in [2.05, 4.69) is 12.2 Å². The molecule has 3 heteroatoms. The van der Waals surface area contributed by atoms with Gasteiger partial charge in [0, 0.05) is 16.6 Å². The fourth-order valence-corrected chi connectivity index (χ4v) is 2.56. The van der Waals surface area contributed by atoms with Crippen LogP contribution in [0.4, 0.5) is 4.39 Å². The second kappa shape index (κ2) is 6.53. The standard InChI is InChI=1S/C15H21ClFN/c1-2-4-11(10-18-12-7-8-12)9-13-14(16)5-3-6-15(13)17/h3,5-6,11-12,18H,2,4,7-10H2,1H3. The molecule has 0 amide bonds. The van der Waals surface area contributed by atoms with E-state index in [1.165, 1.54) is 18.9 Å². The van der Waals surface area contributed by atoms with Crippen LogP contribution in [0.2, 0.25) is 5.02 Å². The summed E-state index contributed by atoms with van der Waals surface area (Å²) in [6.45, 7) is 3.15. The molecule has 0 spiro atoms. The van der Waals surface area contributed by atoms with Crippen LogP contribution < -0.4 is 5.32 Å². The number of halogens is 2. The second-order valence-electron chi connectivity index (χ2n) is 5.24. The maximum absolute atomic E-state index is 13.8. The highest BCUT2D eigenvalue weighted by atomic mass is 35.5. The molecule has 100 valence electrons. The van der Waals surface area contributed by atoms with E-state index in [1.807, 2.05) is 0 Å². The highest BCUT2D eigenvalue weighted by molar-refractivity contribution is 6.31. The van der Waals surface area contributed by atoms with Crippen molar-refractivity contribution in [1.29, 1.82) is 0 Å². The molecular weight excluding hydrogens is 249 g/mol. The third-order valence-corrected chi connectivity index (χ3v) is 3.88. The van der Waals surface area contributed by atoms with Crippen LogP contribution in [0.5, 0.6) is 0 Å². The molecule has 1 aromatic carbocycles. The van der Waals surface area contributed by atoms with Crippen molar-refractivity contribution in [3.05, 3.63) is 34.6 Å². The number of benzene rings is 1. The van der Waals surface area contributed by atoms with Gasteiger partial charge in [-0.15, -0.1) is 0 Å². The SMILES string of the molecule is CCCC(CNC1CC1)Cc1c(F)cccc1Cl. The Morgan fingerprint density at radius 1 is 1.44 bits per heavy atom. The summed E-state index contributed by atoms with van der Waals surface area (Å²) < 4.78 is 13.8. The molecule has 1 unspecified atom stereocenters. The molecule has 1 aliphatic rings. The van der Waals surface area contributed by atoms with Gasteiger partial charge in [-0.05, 0) is 50.3 Å². The van der Waals surface area contributed by atoms with Gasteiger partial charge in [-0.3, -0.25) is 0 Å². The first-order valence-electron chi connectivity index (χ1n) is 6.87. The van der Waals surface area contributed by atoms with E-state index in [1.54, 1.807) is 12.1 Å². The average Bonchev–Trinajstić information content (AvgIpc) is 3.15. The van der Waals surface area contributed by atoms with Crippen molar-refractivity contribution >= 4 is 11.6 Å². The van der Waals surface area contributed by atoms with Crippen molar-refractivity contribution in [3.8, 4) is 0 Å². The van der Waals surface area contributed by atoms with Gasteiger partial charge in [0.15, 0.2) is 0 Å². The monoisotopic (exact) mass is 269 g/mol. The summed E-state index contributed by atoms with van der Waals surface area (Å²) in [6.07, 6.45) is 5.56. The summed E-state index contributed by atoms with van der Waals surface area (Å²) in [6, 6.07) is 5.65. The minimum absolute atomic E-state index is 0.171. The van der Waals surface area contributed by atoms with Crippen molar-refractivity contribution in [3.63, 3.8) is 0 Å². The van der Waals surface area contributed by atoms with Gasteiger partial charge in [0.2, 0.25) is 0 Å². The van der Waals surface area contributed by atoms with Crippen molar-refractivity contribution in [1.82, 2.24) is 5.32 Å². The molecule has 0 saturated heterocycles.